The maximum Gasteiger partial charge on any atom is 0.0547 e. The molecule has 0 fully saturated rings. The monoisotopic (exact) mass is 1990 g/mol. The molecule has 8 heteroatoms. The quantitative estimate of drug-likeness (QED) is 0.162. The summed E-state index contributed by atoms with van der Waals surface area (Å²) in [6.07, 6.45) is 0. The van der Waals surface area contributed by atoms with Crippen LogP contribution in [-0.4, -0.2) is 4.57 Å². The van der Waals surface area contributed by atoms with Gasteiger partial charge in [-0.25, -0.2) is 0 Å². The van der Waals surface area contributed by atoms with E-state index >= 15 is 0 Å². The predicted molar refractivity (Wildman–Crippen MR) is 649 cm³/mol. The summed E-state index contributed by atoms with van der Waals surface area (Å²) in [5.74, 6) is 0. The van der Waals surface area contributed by atoms with Crippen molar-refractivity contribution in [1.29, 1.82) is 0 Å². The molecule has 0 saturated carbocycles. The van der Waals surface area contributed by atoms with Crippen LogP contribution in [0.25, 0.3) is 213 Å². The SMILES string of the molecule is CC(C)(C)c1c2c(cc3sc4cccc(-c5ccccc5)c4c13)sc1cccc(-c3ccccc3)c12.CC(C)(C)c1c2c(cc3sc4ccccc4c13)sc1ccccc12.CC(C)(C)c1c2sc3ccccc3c2cc2c1sc1ccccc12.CC(C)(C)c1cc(-c2ccc3sc4ccccc4c3c2C(C)(C)C)cc(C(C)(C)C)c1.CC(C)(C)c1cccc2c1c1c(-c3ccccc3)cccc1n2-c1ccccc1. The summed E-state index contributed by atoms with van der Waals surface area (Å²) in [5, 5.41) is 22.5. The van der Waals surface area contributed by atoms with Gasteiger partial charge in [-0.2, -0.15) is 0 Å². The summed E-state index contributed by atoms with van der Waals surface area (Å²) in [4.78, 5) is 0. The molecule has 0 amide bonds. The molecule has 0 aliphatic heterocycles. The van der Waals surface area contributed by atoms with Crippen molar-refractivity contribution in [3.8, 4) is 50.2 Å². The fourth-order valence-electron chi connectivity index (χ4n) is 22.2. The number of thiophene rings is 7. The minimum Gasteiger partial charge on any atom is -0.309 e. The normalized spacial score (nSPS) is 12.6. The predicted octanol–water partition coefficient (Wildman–Crippen LogP) is 43.9. The summed E-state index contributed by atoms with van der Waals surface area (Å²) >= 11 is 13.5. The number of nitrogens with zero attached hydrogens (tertiary/aromatic N) is 1. The fraction of sp³-hybridized carbons (Fsp3) is 0.206. The highest BCUT2D eigenvalue weighted by molar-refractivity contribution is 7.30. The first kappa shape index (κ1) is 96.1. The molecule has 0 bridgehead atoms. The third-order valence-electron chi connectivity index (χ3n) is 28.7. The third-order valence-corrected chi connectivity index (χ3v) is 36.7. The zero-order valence-electron chi connectivity index (χ0n) is 86.4. The van der Waals surface area contributed by atoms with Crippen molar-refractivity contribution >= 4 is 242 Å². The minimum absolute atomic E-state index is 0.0205. The Bertz CT molecular complexity index is 9100. The van der Waals surface area contributed by atoms with Crippen molar-refractivity contribution in [1.82, 2.24) is 4.57 Å². The first-order valence-electron chi connectivity index (χ1n) is 50.7. The van der Waals surface area contributed by atoms with E-state index in [1.165, 1.54) is 252 Å². The smallest absolute Gasteiger partial charge is 0.0547 e. The van der Waals surface area contributed by atoms with Gasteiger partial charge in [0.1, 0.15) is 0 Å². The molecular formula is C136H123NS7. The van der Waals surface area contributed by atoms with Crippen LogP contribution in [0.15, 0.2) is 364 Å². The van der Waals surface area contributed by atoms with Gasteiger partial charge in [-0.15, -0.1) is 79.4 Å². The van der Waals surface area contributed by atoms with E-state index in [-0.39, 0.29) is 37.9 Å². The molecule has 1 nitrogen and oxygen atoms in total. The number of benzene rings is 18. The maximum atomic E-state index is 2.46. The van der Waals surface area contributed by atoms with Crippen molar-refractivity contribution in [2.24, 2.45) is 0 Å². The summed E-state index contributed by atoms with van der Waals surface area (Å²) in [6, 6.07) is 134. The molecule has 0 aliphatic carbocycles. The summed E-state index contributed by atoms with van der Waals surface area (Å²) in [6.45, 7) is 49.1. The summed E-state index contributed by atoms with van der Waals surface area (Å²) in [7, 11) is 0. The van der Waals surface area contributed by atoms with Gasteiger partial charge in [-0.3, -0.25) is 0 Å². The van der Waals surface area contributed by atoms with E-state index in [0.717, 1.165) is 0 Å². The number of hydrogen-bond acceptors (Lipinski definition) is 7. The van der Waals surface area contributed by atoms with E-state index in [1.54, 1.807) is 0 Å². The molecule has 0 unspecified atom stereocenters. The Morgan fingerprint density at radius 3 is 0.882 bits per heavy atom. The van der Waals surface area contributed by atoms with Crippen LogP contribution < -0.4 is 0 Å². The van der Waals surface area contributed by atoms with Gasteiger partial charge in [0.25, 0.3) is 0 Å². The highest BCUT2D eigenvalue weighted by Gasteiger charge is 2.34. The van der Waals surface area contributed by atoms with E-state index in [9.17, 15) is 0 Å². The second-order valence-corrected chi connectivity index (χ2v) is 53.7. The lowest BCUT2D eigenvalue weighted by molar-refractivity contribution is 0.568. The molecular weight excluding hydrogens is 1870 g/mol. The van der Waals surface area contributed by atoms with Crippen molar-refractivity contribution in [2.75, 3.05) is 0 Å². The van der Waals surface area contributed by atoms with Gasteiger partial charge < -0.3 is 4.57 Å². The van der Waals surface area contributed by atoms with Gasteiger partial charge >= 0.3 is 0 Å². The maximum absolute atomic E-state index is 2.46. The first-order chi connectivity index (χ1) is 68.9. The molecule has 0 atom stereocenters. The summed E-state index contributed by atoms with van der Waals surface area (Å²) in [5.41, 5.74) is 24.9. The van der Waals surface area contributed by atoms with E-state index < -0.39 is 0 Å². The molecule has 8 heterocycles. The van der Waals surface area contributed by atoms with Crippen LogP contribution in [0.3, 0.4) is 0 Å². The van der Waals surface area contributed by atoms with Crippen molar-refractivity contribution in [2.45, 2.75) is 183 Å². The van der Waals surface area contributed by atoms with Crippen LogP contribution in [0.4, 0.5) is 0 Å². The van der Waals surface area contributed by atoms with Crippen LogP contribution in [-0.2, 0) is 37.9 Å². The zero-order valence-corrected chi connectivity index (χ0v) is 92.2. The average Bonchev–Trinajstić information content (AvgIpc) is 1.53. The Balaban J connectivity index is 0.000000104. The Morgan fingerprint density at radius 2 is 0.479 bits per heavy atom. The van der Waals surface area contributed by atoms with E-state index in [4.69, 9.17) is 0 Å². The molecule has 0 N–H and O–H groups in total. The highest BCUT2D eigenvalue weighted by Crippen LogP contribution is 2.57. The Labute approximate surface area is 875 Å². The lowest BCUT2D eigenvalue weighted by Crippen LogP contribution is -2.17. The van der Waals surface area contributed by atoms with Gasteiger partial charge in [-0.05, 0) is 212 Å². The molecule has 0 saturated heterocycles. The van der Waals surface area contributed by atoms with Crippen molar-refractivity contribution in [3.63, 3.8) is 0 Å². The van der Waals surface area contributed by atoms with Crippen LogP contribution in [0, 0.1) is 0 Å². The molecule has 0 aliphatic rings. The number of fused-ring (bicyclic) bond motifs is 24. The number of para-hydroxylation sites is 1. The van der Waals surface area contributed by atoms with Gasteiger partial charge in [0.2, 0.25) is 0 Å². The minimum atomic E-state index is -0.0205. The van der Waals surface area contributed by atoms with Crippen LogP contribution in [0.2, 0.25) is 0 Å². The highest BCUT2D eigenvalue weighted by atomic mass is 32.1. The second-order valence-electron chi connectivity index (χ2n) is 46.1. The largest absolute Gasteiger partial charge is 0.309 e. The Kier molecular flexibility index (Phi) is 24.6. The van der Waals surface area contributed by atoms with Crippen LogP contribution >= 0.6 is 79.4 Å². The molecule has 0 radical (unpaired) electrons. The molecule has 8 aromatic heterocycles. The number of rotatable bonds is 5. The molecule has 144 heavy (non-hydrogen) atoms. The van der Waals surface area contributed by atoms with Gasteiger partial charge in [0.05, 0.1) is 11.0 Å². The van der Waals surface area contributed by atoms with Gasteiger partial charge in [0, 0.05) is 158 Å². The Morgan fingerprint density at radius 1 is 0.167 bits per heavy atom. The van der Waals surface area contributed by atoms with Crippen LogP contribution in [0.1, 0.15) is 184 Å². The average molecular weight is 2000 g/mol. The fourth-order valence-corrected chi connectivity index (χ4v) is 31.1. The molecule has 714 valence electrons. The van der Waals surface area contributed by atoms with Crippen molar-refractivity contribution in [3.05, 3.63) is 403 Å². The Hall–Kier alpha value is -12.7. The van der Waals surface area contributed by atoms with Crippen LogP contribution in [0.5, 0.6) is 0 Å². The van der Waals surface area contributed by atoms with Gasteiger partial charge in [-0.1, -0.05) is 418 Å². The molecule has 26 rings (SSSR count). The lowest BCUT2D eigenvalue weighted by atomic mass is 9.75. The zero-order chi connectivity index (χ0) is 100. The van der Waals surface area contributed by atoms with Crippen molar-refractivity contribution < 1.29 is 0 Å². The lowest BCUT2D eigenvalue weighted by Gasteiger charge is -2.29. The second kappa shape index (κ2) is 36.8. The van der Waals surface area contributed by atoms with E-state index in [1.807, 2.05) is 79.4 Å². The number of hydrogen-bond donors (Lipinski definition) is 0. The summed E-state index contributed by atoms with van der Waals surface area (Å²) < 4.78 is 22.0. The van der Waals surface area contributed by atoms with Gasteiger partial charge in [0.15, 0.2) is 0 Å². The standard InChI is InChI=1S/C34H26S2.C30H36S.C28H25N.2C22H18S2/c1-34(2,3)33-31-27(35-25-18-10-16-23(29(25)31)21-12-6-4-7-13-21)20-28-32(33)30-24(17-11-19-26(30)36-28)22-14-8-5-9-15-22;1-28(2,3)20-16-19(17-21(18-20)29(4,5)6)22-14-15-25-26(27(22)30(7,8)9)23-12-10-11-13-24(23)31-25;1-28(2,3)23-17-11-19-25-27(23)26-22(20-12-6-4-7-13-20)16-10-18-24(26)29(25)21-14-8-5-9-15-21;1-22(2,3)19-20-15(13-8-4-6-10-17(13)23-20)12-16-14-9-5-7-11-18(14)24-21(16)19;1-22(2,3)21-19-13-8-4-6-10-15(13)23-17(19)12-18-20(21)14-9-5-7-11-16(14)24-18/h4-20H,1-3H3;10-18H,1-9H3;4-19H,1-3H3;2*4-12H,1-3H3. The third kappa shape index (κ3) is 17.4. The number of aromatic nitrogens is 1. The topological polar surface area (TPSA) is 4.93 Å². The van der Waals surface area contributed by atoms with E-state index in [0.29, 0.717) is 0 Å². The first-order valence-corrected chi connectivity index (χ1v) is 56.4. The molecule has 26 aromatic rings. The molecule has 18 aromatic carbocycles. The van der Waals surface area contributed by atoms with E-state index in [2.05, 4.69) is 514 Å². The molecule has 0 spiro atoms.